The van der Waals surface area contributed by atoms with Gasteiger partial charge < -0.3 is 10.6 Å². The fourth-order valence-electron chi connectivity index (χ4n) is 2.93. The van der Waals surface area contributed by atoms with Crippen LogP contribution in [-0.2, 0) is 0 Å². The summed E-state index contributed by atoms with van der Waals surface area (Å²) in [5, 5.41) is 1.05. The number of aromatic nitrogens is 1. The third-order valence-electron chi connectivity index (χ3n) is 4.11. The molecule has 1 saturated heterocycles. The Morgan fingerprint density at radius 2 is 2.25 bits per heavy atom. The van der Waals surface area contributed by atoms with Crippen molar-refractivity contribution < 1.29 is 4.79 Å². The van der Waals surface area contributed by atoms with E-state index in [-0.39, 0.29) is 5.91 Å². The molecule has 1 aliphatic rings. The number of hydrogen-bond acceptors (Lipinski definition) is 3. The molecule has 104 valence electrons. The van der Waals surface area contributed by atoms with E-state index < -0.39 is 5.66 Å². The van der Waals surface area contributed by atoms with Gasteiger partial charge in [0.1, 0.15) is 0 Å². The summed E-state index contributed by atoms with van der Waals surface area (Å²) < 4.78 is 0. The van der Waals surface area contributed by atoms with Gasteiger partial charge in [0, 0.05) is 23.7 Å². The zero-order valence-corrected chi connectivity index (χ0v) is 11.9. The fraction of sp³-hybridized carbons (Fsp3) is 0.375. The van der Waals surface area contributed by atoms with Gasteiger partial charge in [0.25, 0.3) is 5.91 Å². The molecule has 1 aromatic carbocycles. The summed E-state index contributed by atoms with van der Waals surface area (Å²) in [5.74, 6) is 0.0116. The van der Waals surface area contributed by atoms with E-state index in [9.17, 15) is 4.79 Å². The Hall–Kier alpha value is -1.94. The molecule has 1 atom stereocenters. The van der Waals surface area contributed by atoms with Crippen molar-refractivity contribution in [1.82, 2.24) is 9.88 Å². The molecule has 0 aliphatic carbocycles. The first-order chi connectivity index (χ1) is 9.49. The predicted molar refractivity (Wildman–Crippen MR) is 79.3 cm³/mol. The first-order valence-corrected chi connectivity index (χ1v) is 6.95. The van der Waals surface area contributed by atoms with Gasteiger partial charge in [-0.3, -0.25) is 9.78 Å². The third kappa shape index (κ3) is 2.06. The molecule has 3 rings (SSSR count). The van der Waals surface area contributed by atoms with Crippen molar-refractivity contribution in [2.75, 3.05) is 6.54 Å². The van der Waals surface area contributed by atoms with Crippen LogP contribution in [0, 0.1) is 6.92 Å². The Morgan fingerprint density at radius 1 is 1.45 bits per heavy atom. The first kappa shape index (κ1) is 13.1. The molecule has 0 saturated carbocycles. The van der Waals surface area contributed by atoms with Crippen LogP contribution in [-0.4, -0.2) is 28.0 Å². The van der Waals surface area contributed by atoms with Crippen molar-refractivity contribution in [3.8, 4) is 0 Å². The molecular weight excluding hydrogens is 250 g/mol. The van der Waals surface area contributed by atoms with Crippen LogP contribution < -0.4 is 5.73 Å². The number of benzene rings is 1. The van der Waals surface area contributed by atoms with Gasteiger partial charge in [-0.05, 0) is 50.5 Å². The molecule has 2 aromatic rings. The fourth-order valence-corrected chi connectivity index (χ4v) is 2.93. The number of pyridine rings is 1. The molecular formula is C16H19N3O. The molecule has 1 fully saturated rings. The average molecular weight is 269 g/mol. The molecule has 0 spiro atoms. The Morgan fingerprint density at radius 3 is 2.95 bits per heavy atom. The van der Waals surface area contributed by atoms with Gasteiger partial charge in [0.2, 0.25) is 0 Å². The minimum Gasteiger partial charge on any atom is -0.321 e. The van der Waals surface area contributed by atoms with Crippen LogP contribution in [0.2, 0.25) is 0 Å². The normalized spacial score (nSPS) is 22.4. The maximum Gasteiger partial charge on any atom is 0.255 e. The first-order valence-electron chi connectivity index (χ1n) is 6.95. The van der Waals surface area contributed by atoms with E-state index in [1.165, 1.54) is 0 Å². The van der Waals surface area contributed by atoms with E-state index in [1.54, 1.807) is 11.1 Å². The zero-order valence-electron chi connectivity index (χ0n) is 11.9. The summed E-state index contributed by atoms with van der Waals surface area (Å²) in [4.78, 5) is 18.9. The van der Waals surface area contributed by atoms with Crippen LogP contribution in [0.25, 0.3) is 10.9 Å². The highest BCUT2D eigenvalue weighted by Crippen LogP contribution is 2.27. The maximum atomic E-state index is 12.7. The minimum atomic E-state index is -0.539. The summed E-state index contributed by atoms with van der Waals surface area (Å²) >= 11 is 0. The average Bonchev–Trinajstić information content (AvgIpc) is 2.77. The number of nitrogens with zero attached hydrogens (tertiary/aromatic N) is 2. The largest absolute Gasteiger partial charge is 0.321 e. The maximum absolute atomic E-state index is 12.7. The third-order valence-corrected chi connectivity index (χ3v) is 4.11. The number of amides is 1. The van der Waals surface area contributed by atoms with Gasteiger partial charge in [-0.25, -0.2) is 0 Å². The lowest BCUT2D eigenvalue weighted by Gasteiger charge is -2.31. The van der Waals surface area contributed by atoms with Crippen LogP contribution in [0.1, 0.15) is 35.7 Å². The van der Waals surface area contributed by atoms with Crippen molar-refractivity contribution in [3.63, 3.8) is 0 Å². The smallest absolute Gasteiger partial charge is 0.255 e. The van der Waals surface area contributed by atoms with Gasteiger partial charge in [0.05, 0.1) is 11.2 Å². The van der Waals surface area contributed by atoms with E-state index in [0.29, 0.717) is 5.56 Å². The number of hydrogen-bond donors (Lipinski definition) is 1. The van der Waals surface area contributed by atoms with Crippen molar-refractivity contribution in [2.45, 2.75) is 32.4 Å². The number of rotatable bonds is 1. The number of fused-ring (bicyclic) bond motifs is 1. The second-order valence-corrected chi connectivity index (χ2v) is 5.78. The number of aryl methyl sites for hydroxylation is 1. The summed E-state index contributed by atoms with van der Waals surface area (Å²) in [7, 11) is 0. The summed E-state index contributed by atoms with van der Waals surface area (Å²) in [6.45, 7) is 4.61. The van der Waals surface area contributed by atoms with Crippen LogP contribution >= 0.6 is 0 Å². The molecule has 1 aromatic heterocycles. The molecule has 0 bridgehead atoms. The molecule has 1 aliphatic heterocycles. The lowest BCUT2D eigenvalue weighted by molar-refractivity contribution is 0.0634. The van der Waals surface area contributed by atoms with E-state index in [4.69, 9.17) is 5.73 Å². The highest BCUT2D eigenvalue weighted by Gasteiger charge is 2.36. The van der Waals surface area contributed by atoms with Crippen LogP contribution in [0.3, 0.4) is 0 Å². The number of carbonyl (C=O) groups is 1. The molecule has 2 N–H and O–H groups in total. The lowest BCUT2D eigenvalue weighted by Crippen LogP contribution is -2.51. The quantitative estimate of drug-likeness (QED) is 0.865. The molecule has 4 heteroatoms. The minimum absolute atomic E-state index is 0.0116. The standard InChI is InChI=1S/C16H19N3O/c1-11-9-12-5-3-7-18-14(12)10-13(11)15(20)19-8-4-6-16(19,2)17/h3,5,7,9-10H,4,6,8,17H2,1-2H3/t16-/m1/s1. The lowest BCUT2D eigenvalue weighted by atomic mass is 10.0. The summed E-state index contributed by atoms with van der Waals surface area (Å²) in [5.41, 5.74) is 8.19. The highest BCUT2D eigenvalue weighted by atomic mass is 16.2. The SMILES string of the molecule is Cc1cc2cccnc2cc1C(=O)N1CCC[C@]1(C)N. The second-order valence-electron chi connectivity index (χ2n) is 5.78. The number of carbonyl (C=O) groups excluding carboxylic acids is 1. The van der Waals surface area contributed by atoms with Crippen molar-refractivity contribution in [2.24, 2.45) is 5.73 Å². The highest BCUT2D eigenvalue weighted by molar-refractivity contribution is 5.99. The molecule has 1 amide bonds. The van der Waals surface area contributed by atoms with Gasteiger partial charge in [-0.2, -0.15) is 0 Å². The Kier molecular flexibility index (Phi) is 2.98. The molecule has 20 heavy (non-hydrogen) atoms. The predicted octanol–water partition coefficient (Wildman–Crippen LogP) is 2.45. The zero-order chi connectivity index (χ0) is 14.3. The summed E-state index contributed by atoms with van der Waals surface area (Å²) in [6, 6.07) is 7.80. The van der Waals surface area contributed by atoms with Crippen LogP contribution in [0.15, 0.2) is 30.5 Å². The Labute approximate surface area is 118 Å². The van der Waals surface area contributed by atoms with Gasteiger partial charge >= 0.3 is 0 Å². The number of nitrogens with two attached hydrogens (primary N) is 1. The Bertz CT molecular complexity index is 678. The van der Waals surface area contributed by atoms with E-state index in [2.05, 4.69) is 4.98 Å². The van der Waals surface area contributed by atoms with Crippen molar-refractivity contribution in [3.05, 3.63) is 41.6 Å². The molecule has 4 nitrogen and oxygen atoms in total. The van der Waals surface area contributed by atoms with Crippen molar-refractivity contribution >= 4 is 16.8 Å². The molecule has 0 unspecified atom stereocenters. The van der Waals surface area contributed by atoms with Gasteiger partial charge in [-0.15, -0.1) is 0 Å². The molecule has 0 radical (unpaired) electrons. The monoisotopic (exact) mass is 269 g/mol. The topological polar surface area (TPSA) is 59.2 Å². The van der Waals surface area contributed by atoms with Crippen molar-refractivity contribution in [1.29, 1.82) is 0 Å². The number of likely N-dealkylation sites (tertiary alicyclic amines) is 1. The van der Waals surface area contributed by atoms with Crippen LogP contribution in [0.5, 0.6) is 0 Å². The van der Waals surface area contributed by atoms with E-state index >= 15 is 0 Å². The summed E-state index contributed by atoms with van der Waals surface area (Å²) in [6.07, 6.45) is 3.56. The van der Waals surface area contributed by atoms with E-state index in [1.807, 2.05) is 38.1 Å². The van der Waals surface area contributed by atoms with E-state index in [0.717, 1.165) is 35.9 Å². The van der Waals surface area contributed by atoms with Crippen LogP contribution in [0.4, 0.5) is 0 Å². The Balaban J connectivity index is 2.05. The second kappa shape index (κ2) is 4.56. The molecule has 2 heterocycles. The van der Waals surface area contributed by atoms with Gasteiger partial charge in [-0.1, -0.05) is 6.07 Å². The van der Waals surface area contributed by atoms with Gasteiger partial charge in [0.15, 0.2) is 0 Å².